The van der Waals surface area contributed by atoms with E-state index in [-0.39, 0.29) is 11.7 Å². The number of halogens is 1. The maximum absolute atomic E-state index is 12.3. The van der Waals surface area contributed by atoms with Crippen LogP contribution in [0.15, 0.2) is 53.7 Å². The van der Waals surface area contributed by atoms with E-state index >= 15 is 0 Å². The lowest BCUT2D eigenvalue weighted by Gasteiger charge is -2.10. The maximum atomic E-state index is 12.3. The summed E-state index contributed by atoms with van der Waals surface area (Å²) < 4.78 is 7.70. The first-order chi connectivity index (χ1) is 13.6. The lowest BCUT2D eigenvalue weighted by atomic mass is 10.2. The van der Waals surface area contributed by atoms with Crippen LogP contribution in [0.25, 0.3) is 0 Å². The van der Waals surface area contributed by atoms with E-state index in [9.17, 15) is 4.79 Å². The molecule has 0 aliphatic heterocycles. The van der Waals surface area contributed by atoms with E-state index in [2.05, 4.69) is 15.5 Å². The number of hydrogen-bond donors (Lipinski definition) is 1. The second-order valence-corrected chi connectivity index (χ2v) is 7.34. The molecular weight excluding hydrogens is 396 g/mol. The molecule has 6 nitrogen and oxygen atoms in total. The number of benzene rings is 2. The second kappa shape index (κ2) is 9.61. The topological polar surface area (TPSA) is 69.0 Å². The van der Waals surface area contributed by atoms with E-state index in [1.165, 1.54) is 11.8 Å². The molecule has 8 heteroatoms. The highest BCUT2D eigenvalue weighted by Crippen LogP contribution is 2.24. The van der Waals surface area contributed by atoms with Crippen molar-refractivity contribution in [1.82, 2.24) is 14.8 Å². The average molecular weight is 417 g/mol. The second-order valence-electron chi connectivity index (χ2n) is 5.99. The molecule has 1 aromatic heterocycles. The summed E-state index contributed by atoms with van der Waals surface area (Å²) >= 11 is 7.44. The number of carbonyl (C=O) groups excluding carboxylic acids is 1. The number of nitrogens with one attached hydrogen (secondary N) is 1. The molecule has 28 heavy (non-hydrogen) atoms. The molecule has 0 aliphatic carbocycles. The van der Waals surface area contributed by atoms with Gasteiger partial charge in [0.1, 0.15) is 12.4 Å². The minimum Gasteiger partial charge on any atom is -0.486 e. The van der Waals surface area contributed by atoms with Crippen LogP contribution in [0.3, 0.4) is 0 Å². The van der Waals surface area contributed by atoms with Crippen LogP contribution >= 0.6 is 23.4 Å². The molecule has 2 aromatic carbocycles. The van der Waals surface area contributed by atoms with Gasteiger partial charge in [-0.25, -0.2) is 0 Å². The van der Waals surface area contributed by atoms with E-state index < -0.39 is 0 Å². The van der Waals surface area contributed by atoms with Crippen molar-refractivity contribution < 1.29 is 9.53 Å². The fourth-order valence-corrected chi connectivity index (χ4v) is 3.57. The zero-order valence-electron chi connectivity index (χ0n) is 15.7. The number of rotatable bonds is 8. The Morgan fingerprint density at radius 3 is 2.71 bits per heavy atom. The maximum Gasteiger partial charge on any atom is 0.234 e. The first-order valence-corrected chi connectivity index (χ1v) is 10.2. The summed E-state index contributed by atoms with van der Waals surface area (Å²) in [5, 5.41) is 12.6. The molecule has 0 atom stereocenters. The minimum atomic E-state index is -0.122. The molecule has 0 saturated carbocycles. The third-order valence-corrected chi connectivity index (χ3v) is 5.47. The Morgan fingerprint density at radius 2 is 1.96 bits per heavy atom. The Balaban J connectivity index is 1.59. The Kier molecular flexibility index (Phi) is 6.95. The third-order valence-electron chi connectivity index (χ3n) is 4.09. The Bertz CT molecular complexity index is 947. The fraction of sp³-hybridized carbons (Fsp3) is 0.250. The van der Waals surface area contributed by atoms with E-state index in [1.807, 2.05) is 60.9 Å². The molecule has 1 N–H and O–H groups in total. The van der Waals surface area contributed by atoms with Crippen molar-refractivity contribution in [3.8, 4) is 5.75 Å². The fourth-order valence-electron chi connectivity index (χ4n) is 2.57. The molecule has 0 radical (unpaired) electrons. The molecule has 3 aromatic rings. The van der Waals surface area contributed by atoms with Gasteiger partial charge in [-0.05, 0) is 43.7 Å². The predicted octanol–water partition coefficient (Wildman–Crippen LogP) is 4.57. The number of nitrogens with zero attached hydrogens (tertiary/aromatic N) is 3. The zero-order valence-corrected chi connectivity index (χ0v) is 17.3. The van der Waals surface area contributed by atoms with Crippen molar-refractivity contribution in [3.05, 3.63) is 64.9 Å². The summed E-state index contributed by atoms with van der Waals surface area (Å²) in [6, 6.07) is 15.0. The number of anilines is 1. The number of aromatic nitrogens is 3. The molecule has 0 unspecified atom stereocenters. The predicted molar refractivity (Wildman–Crippen MR) is 112 cm³/mol. The van der Waals surface area contributed by atoms with Crippen LogP contribution in [-0.4, -0.2) is 26.4 Å². The highest BCUT2D eigenvalue weighted by Gasteiger charge is 2.14. The van der Waals surface area contributed by atoms with Gasteiger partial charge >= 0.3 is 0 Å². The van der Waals surface area contributed by atoms with E-state index in [4.69, 9.17) is 16.3 Å². The van der Waals surface area contributed by atoms with Crippen molar-refractivity contribution in [1.29, 1.82) is 0 Å². The monoisotopic (exact) mass is 416 g/mol. The van der Waals surface area contributed by atoms with Gasteiger partial charge in [0, 0.05) is 17.3 Å². The highest BCUT2D eigenvalue weighted by molar-refractivity contribution is 7.99. The van der Waals surface area contributed by atoms with Gasteiger partial charge in [-0.2, -0.15) is 0 Å². The molecule has 0 saturated heterocycles. The van der Waals surface area contributed by atoms with Crippen molar-refractivity contribution in [2.75, 3.05) is 11.1 Å². The van der Waals surface area contributed by atoms with Gasteiger partial charge in [0.25, 0.3) is 0 Å². The first-order valence-electron chi connectivity index (χ1n) is 8.86. The number of thioether (sulfide) groups is 1. The Morgan fingerprint density at radius 1 is 1.18 bits per heavy atom. The molecule has 0 fully saturated rings. The van der Waals surface area contributed by atoms with Gasteiger partial charge in [-0.1, -0.05) is 47.6 Å². The Labute approximate surface area is 173 Å². The summed E-state index contributed by atoms with van der Waals surface area (Å²) in [5.74, 6) is 1.60. The summed E-state index contributed by atoms with van der Waals surface area (Å²) in [7, 11) is 0. The van der Waals surface area contributed by atoms with Crippen LogP contribution in [0.5, 0.6) is 5.75 Å². The van der Waals surface area contributed by atoms with Gasteiger partial charge < -0.3 is 14.6 Å². The highest BCUT2D eigenvalue weighted by atomic mass is 35.5. The van der Waals surface area contributed by atoms with E-state index in [1.54, 1.807) is 6.07 Å². The van der Waals surface area contributed by atoms with Crippen LogP contribution in [0.1, 0.15) is 18.3 Å². The minimum absolute atomic E-state index is 0.122. The molecule has 0 aliphatic rings. The van der Waals surface area contributed by atoms with Crippen LogP contribution in [0.2, 0.25) is 5.02 Å². The van der Waals surface area contributed by atoms with Gasteiger partial charge in [-0.3, -0.25) is 4.79 Å². The van der Waals surface area contributed by atoms with Crippen molar-refractivity contribution in [2.24, 2.45) is 0 Å². The molecular formula is C20H21ClN4O2S. The summed E-state index contributed by atoms with van der Waals surface area (Å²) in [6.07, 6.45) is 0. The summed E-state index contributed by atoms with van der Waals surface area (Å²) in [5.41, 5.74) is 1.56. The van der Waals surface area contributed by atoms with E-state index in [0.29, 0.717) is 29.0 Å². The quantitative estimate of drug-likeness (QED) is 0.545. The lowest BCUT2D eigenvalue weighted by Crippen LogP contribution is -2.15. The Hall–Kier alpha value is -2.51. The van der Waals surface area contributed by atoms with Crippen LogP contribution in [-0.2, 0) is 17.9 Å². The van der Waals surface area contributed by atoms with Gasteiger partial charge in [0.05, 0.1) is 5.75 Å². The molecule has 1 heterocycles. The molecule has 3 rings (SSSR count). The summed E-state index contributed by atoms with van der Waals surface area (Å²) in [6.45, 7) is 4.89. The summed E-state index contributed by atoms with van der Waals surface area (Å²) in [4.78, 5) is 12.3. The van der Waals surface area contributed by atoms with Crippen LogP contribution in [0, 0.1) is 6.92 Å². The lowest BCUT2D eigenvalue weighted by molar-refractivity contribution is -0.113. The first kappa shape index (κ1) is 20.2. The number of ether oxygens (including phenoxy) is 1. The number of hydrogen-bond acceptors (Lipinski definition) is 5. The van der Waals surface area contributed by atoms with Gasteiger partial charge in [-0.15, -0.1) is 10.2 Å². The molecule has 146 valence electrons. The van der Waals surface area contributed by atoms with Crippen molar-refractivity contribution in [2.45, 2.75) is 32.2 Å². The smallest absolute Gasteiger partial charge is 0.234 e. The number of carbonyl (C=O) groups is 1. The van der Waals surface area contributed by atoms with Crippen LogP contribution < -0.4 is 10.1 Å². The molecule has 1 amide bonds. The van der Waals surface area contributed by atoms with Crippen molar-refractivity contribution >= 4 is 35.0 Å². The normalized spacial score (nSPS) is 10.7. The van der Waals surface area contributed by atoms with Crippen molar-refractivity contribution in [3.63, 3.8) is 0 Å². The molecule has 0 bridgehead atoms. The standard InChI is InChI=1S/C20H21ClN4O2S/c1-3-25-18(12-27-15-8-5-4-6-9-15)23-24-20(25)28-13-19(26)22-17-11-7-10-16(21)14(17)2/h4-11H,3,12-13H2,1-2H3,(H,22,26). The average Bonchev–Trinajstić information content (AvgIpc) is 3.11. The van der Waals surface area contributed by atoms with Crippen LogP contribution in [0.4, 0.5) is 5.69 Å². The third kappa shape index (κ3) is 5.05. The SMILES string of the molecule is CCn1c(COc2ccccc2)nnc1SCC(=O)Nc1cccc(Cl)c1C. The van der Waals surface area contributed by atoms with E-state index in [0.717, 1.165) is 17.1 Å². The van der Waals surface area contributed by atoms with Gasteiger partial charge in [0.2, 0.25) is 5.91 Å². The zero-order chi connectivity index (χ0) is 19.9. The number of amides is 1. The largest absolute Gasteiger partial charge is 0.486 e. The number of para-hydroxylation sites is 1. The van der Waals surface area contributed by atoms with Gasteiger partial charge in [0.15, 0.2) is 11.0 Å². The molecule has 0 spiro atoms.